The molecule has 0 unspecified atom stereocenters. The lowest BCUT2D eigenvalue weighted by molar-refractivity contribution is 0.267. The lowest BCUT2D eigenvalue weighted by Gasteiger charge is -2.12. The number of rotatable bonds is 4. The molecule has 0 amide bonds. The Morgan fingerprint density at radius 1 is 1.60 bits per heavy atom. The highest BCUT2D eigenvalue weighted by atomic mass is 35.5. The molecule has 0 fully saturated rings. The number of aliphatic hydroxyl groups excluding tert-OH is 1. The Labute approximate surface area is 92.6 Å². The zero-order valence-corrected chi connectivity index (χ0v) is 9.09. The Morgan fingerprint density at radius 2 is 2.27 bits per heavy atom. The van der Waals surface area contributed by atoms with Crippen LogP contribution in [0.15, 0.2) is 12.1 Å². The van der Waals surface area contributed by atoms with Crippen molar-refractivity contribution in [3.8, 4) is 5.75 Å². The summed E-state index contributed by atoms with van der Waals surface area (Å²) in [6.07, 6.45) is 0. The van der Waals surface area contributed by atoms with Crippen LogP contribution in [0.25, 0.3) is 0 Å². The summed E-state index contributed by atoms with van der Waals surface area (Å²) in [6, 6.07) is 2.08. The van der Waals surface area contributed by atoms with Crippen molar-refractivity contribution in [1.82, 2.24) is 0 Å². The van der Waals surface area contributed by atoms with Gasteiger partial charge in [0.2, 0.25) is 0 Å². The fourth-order valence-electron chi connectivity index (χ4n) is 1.18. The zero-order valence-electron chi connectivity index (χ0n) is 8.34. The maximum atomic E-state index is 13.4. The van der Waals surface area contributed by atoms with Gasteiger partial charge in [0.25, 0.3) is 0 Å². The van der Waals surface area contributed by atoms with Crippen molar-refractivity contribution in [3.05, 3.63) is 28.5 Å². The molecule has 0 bridgehead atoms. The predicted octanol–water partition coefficient (Wildman–Crippen LogP) is 1.87. The normalized spacial score (nSPS) is 12.6. The second-order valence-corrected chi connectivity index (χ2v) is 3.44. The van der Waals surface area contributed by atoms with Gasteiger partial charge < -0.3 is 15.6 Å². The molecule has 1 atom stereocenters. The summed E-state index contributed by atoms with van der Waals surface area (Å²) in [5.74, 6) is -0.545. The van der Waals surface area contributed by atoms with Crippen LogP contribution in [0.4, 0.5) is 4.39 Å². The molecular formula is C10H13ClFNO2. The average molecular weight is 234 g/mol. The van der Waals surface area contributed by atoms with Crippen LogP contribution in [0, 0.1) is 5.82 Å². The Bertz CT molecular complexity index is 323. The van der Waals surface area contributed by atoms with Crippen LogP contribution in [0.3, 0.4) is 0 Å². The molecule has 0 aliphatic rings. The van der Waals surface area contributed by atoms with Gasteiger partial charge in [0.1, 0.15) is 0 Å². The van der Waals surface area contributed by atoms with Crippen molar-refractivity contribution < 1.29 is 14.2 Å². The van der Waals surface area contributed by atoms with E-state index in [0.717, 1.165) is 0 Å². The van der Waals surface area contributed by atoms with E-state index < -0.39 is 11.9 Å². The Kier molecular flexibility index (Phi) is 4.32. The van der Waals surface area contributed by atoms with Gasteiger partial charge >= 0.3 is 0 Å². The summed E-state index contributed by atoms with van der Waals surface area (Å²) >= 11 is 5.81. The molecule has 1 aromatic rings. The van der Waals surface area contributed by atoms with E-state index in [0.29, 0.717) is 12.2 Å². The highest BCUT2D eigenvalue weighted by molar-refractivity contribution is 6.32. The molecule has 3 nitrogen and oxygen atoms in total. The average Bonchev–Trinajstić information content (AvgIpc) is 2.22. The Morgan fingerprint density at radius 3 is 2.73 bits per heavy atom. The molecular weight excluding hydrogens is 221 g/mol. The fourth-order valence-corrected chi connectivity index (χ4v) is 1.45. The second kappa shape index (κ2) is 5.30. The van der Waals surface area contributed by atoms with Crippen LogP contribution >= 0.6 is 11.6 Å². The lowest BCUT2D eigenvalue weighted by atomic mass is 10.1. The minimum Gasteiger partial charge on any atom is -0.489 e. The first-order chi connectivity index (χ1) is 7.10. The Hall–Kier alpha value is -0.840. The van der Waals surface area contributed by atoms with Crippen LogP contribution in [0.2, 0.25) is 5.02 Å². The van der Waals surface area contributed by atoms with Crippen molar-refractivity contribution in [2.24, 2.45) is 5.73 Å². The van der Waals surface area contributed by atoms with Crippen LogP contribution in [-0.4, -0.2) is 18.3 Å². The number of halogens is 2. The maximum absolute atomic E-state index is 13.4. The van der Waals surface area contributed by atoms with Gasteiger partial charge in [-0.25, -0.2) is 4.39 Å². The molecule has 0 spiro atoms. The molecule has 0 heterocycles. The van der Waals surface area contributed by atoms with Gasteiger partial charge in [-0.15, -0.1) is 0 Å². The lowest BCUT2D eigenvalue weighted by Crippen LogP contribution is -2.14. The largest absolute Gasteiger partial charge is 0.489 e. The van der Waals surface area contributed by atoms with Crippen molar-refractivity contribution in [2.75, 3.05) is 13.2 Å². The van der Waals surface area contributed by atoms with E-state index in [4.69, 9.17) is 27.2 Å². The molecule has 15 heavy (non-hydrogen) atoms. The third-order valence-electron chi connectivity index (χ3n) is 1.93. The van der Waals surface area contributed by atoms with E-state index in [-0.39, 0.29) is 17.4 Å². The Balaban J connectivity index is 3.07. The minimum atomic E-state index is -0.632. The highest BCUT2D eigenvalue weighted by Gasteiger charge is 2.13. The third kappa shape index (κ3) is 2.81. The van der Waals surface area contributed by atoms with Gasteiger partial charge in [-0.1, -0.05) is 11.6 Å². The van der Waals surface area contributed by atoms with Gasteiger partial charge in [0, 0.05) is 0 Å². The highest BCUT2D eigenvalue weighted by Crippen LogP contribution is 2.30. The summed E-state index contributed by atoms with van der Waals surface area (Å²) in [5, 5.41) is 8.98. The number of aliphatic hydroxyl groups is 1. The molecule has 0 aliphatic carbocycles. The van der Waals surface area contributed by atoms with E-state index >= 15 is 0 Å². The van der Waals surface area contributed by atoms with Crippen molar-refractivity contribution >= 4 is 11.6 Å². The number of hydrogen-bond donors (Lipinski definition) is 2. The number of hydrogen-bond acceptors (Lipinski definition) is 3. The van der Waals surface area contributed by atoms with Gasteiger partial charge in [0.05, 0.1) is 24.3 Å². The smallest absolute Gasteiger partial charge is 0.173 e. The monoisotopic (exact) mass is 233 g/mol. The van der Waals surface area contributed by atoms with E-state index in [1.54, 1.807) is 6.92 Å². The molecule has 0 radical (unpaired) electrons. The summed E-state index contributed by atoms with van der Waals surface area (Å²) < 4.78 is 18.5. The summed E-state index contributed by atoms with van der Waals surface area (Å²) in [7, 11) is 0. The SMILES string of the molecule is CCOc1c(F)cc([C@@H](N)CO)cc1Cl. The van der Waals surface area contributed by atoms with Gasteiger partial charge in [-0.05, 0) is 24.6 Å². The van der Waals surface area contributed by atoms with E-state index in [1.807, 2.05) is 0 Å². The zero-order chi connectivity index (χ0) is 11.4. The quantitative estimate of drug-likeness (QED) is 0.835. The first kappa shape index (κ1) is 12.2. The molecule has 84 valence electrons. The summed E-state index contributed by atoms with van der Waals surface area (Å²) in [6.45, 7) is 1.81. The van der Waals surface area contributed by atoms with Crippen molar-refractivity contribution in [3.63, 3.8) is 0 Å². The topological polar surface area (TPSA) is 55.5 Å². The fraction of sp³-hybridized carbons (Fsp3) is 0.400. The van der Waals surface area contributed by atoms with Crippen LogP contribution in [0.5, 0.6) is 5.75 Å². The minimum absolute atomic E-state index is 0.0213. The first-order valence-electron chi connectivity index (χ1n) is 4.58. The van der Waals surface area contributed by atoms with E-state index in [1.165, 1.54) is 12.1 Å². The van der Waals surface area contributed by atoms with Crippen LogP contribution < -0.4 is 10.5 Å². The van der Waals surface area contributed by atoms with Gasteiger partial charge in [0.15, 0.2) is 11.6 Å². The molecule has 3 N–H and O–H groups in total. The summed E-state index contributed by atoms with van der Waals surface area (Å²) in [4.78, 5) is 0. The first-order valence-corrected chi connectivity index (χ1v) is 4.96. The number of nitrogens with two attached hydrogens (primary N) is 1. The van der Waals surface area contributed by atoms with Crippen LogP contribution in [-0.2, 0) is 0 Å². The van der Waals surface area contributed by atoms with Gasteiger partial charge in [-0.2, -0.15) is 0 Å². The molecule has 0 aliphatic heterocycles. The van der Waals surface area contributed by atoms with E-state index in [9.17, 15) is 4.39 Å². The second-order valence-electron chi connectivity index (χ2n) is 3.04. The predicted molar refractivity (Wildman–Crippen MR) is 56.6 cm³/mol. The third-order valence-corrected chi connectivity index (χ3v) is 2.21. The number of benzene rings is 1. The summed E-state index contributed by atoms with van der Waals surface area (Å²) in [5.41, 5.74) is 5.99. The van der Waals surface area contributed by atoms with E-state index in [2.05, 4.69) is 0 Å². The molecule has 5 heteroatoms. The molecule has 1 rings (SSSR count). The van der Waals surface area contributed by atoms with Gasteiger partial charge in [-0.3, -0.25) is 0 Å². The maximum Gasteiger partial charge on any atom is 0.173 e. The van der Waals surface area contributed by atoms with Crippen molar-refractivity contribution in [1.29, 1.82) is 0 Å². The molecule has 0 aromatic heterocycles. The molecule has 1 aromatic carbocycles. The molecule has 0 saturated carbocycles. The van der Waals surface area contributed by atoms with Crippen LogP contribution in [0.1, 0.15) is 18.5 Å². The number of ether oxygens (including phenoxy) is 1. The molecule has 0 saturated heterocycles. The standard InChI is InChI=1S/C10H13ClFNO2/c1-2-15-10-7(11)3-6(4-8(10)12)9(13)5-14/h3-4,9,14H,2,5,13H2,1H3/t9-/m0/s1. The van der Waals surface area contributed by atoms with Crippen molar-refractivity contribution in [2.45, 2.75) is 13.0 Å².